The molecule has 0 fully saturated rings. The molecule has 0 spiro atoms. The molecule has 3 nitrogen and oxygen atoms in total. The summed E-state index contributed by atoms with van der Waals surface area (Å²) in [6.45, 7) is 3.90. The number of alkyl halides is 3. The first-order valence-electron chi connectivity index (χ1n) is 5.72. The molecule has 0 radical (unpaired) electrons. The van der Waals surface area contributed by atoms with Crippen LogP contribution in [0.2, 0.25) is 0 Å². The zero-order chi connectivity index (χ0) is 14.0. The van der Waals surface area contributed by atoms with Crippen molar-refractivity contribution in [1.82, 2.24) is 10.3 Å². The van der Waals surface area contributed by atoms with Gasteiger partial charge in [0, 0.05) is 12.6 Å². The zero-order valence-corrected chi connectivity index (χ0v) is 11.2. The van der Waals surface area contributed by atoms with Crippen LogP contribution in [0.5, 0.6) is 0 Å². The van der Waals surface area contributed by atoms with Crippen molar-refractivity contribution in [3.8, 4) is 10.8 Å². The first-order chi connectivity index (χ1) is 8.88. The summed E-state index contributed by atoms with van der Waals surface area (Å²) < 4.78 is 43.8. The Morgan fingerprint density at radius 1 is 1.42 bits per heavy atom. The predicted molar refractivity (Wildman–Crippen MR) is 66.8 cm³/mol. The second kappa shape index (κ2) is 5.34. The van der Waals surface area contributed by atoms with Crippen LogP contribution in [0.3, 0.4) is 0 Å². The molecule has 0 unspecified atom stereocenters. The van der Waals surface area contributed by atoms with Crippen LogP contribution in [-0.2, 0) is 12.7 Å². The second-order valence-corrected chi connectivity index (χ2v) is 5.39. The number of nitrogens with one attached hydrogen (secondary N) is 1. The summed E-state index contributed by atoms with van der Waals surface area (Å²) in [6.07, 6.45) is -3.04. The van der Waals surface area contributed by atoms with Crippen molar-refractivity contribution in [3.05, 3.63) is 29.0 Å². The Morgan fingerprint density at radius 2 is 2.16 bits per heavy atom. The van der Waals surface area contributed by atoms with Gasteiger partial charge in [0.2, 0.25) is 0 Å². The van der Waals surface area contributed by atoms with Crippen molar-refractivity contribution in [3.63, 3.8) is 0 Å². The summed E-state index contributed by atoms with van der Waals surface area (Å²) in [4.78, 5) is 3.84. The van der Waals surface area contributed by atoms with Crippen LogP contribution in [0.15, 0.2) is 22.8 Å². The fourth-order valence-electron chi connectivity index (χ4n) is 1.50. The molecule has 0 saturated heterocycles. The highest BCUT2D eigenvalue weighted by atomic mass is 32.1. The monoisotopic (exact) mass is 290 g/mol. The molecule has 0 atom stereocenters. The standard InChI is InChI=1S/C12H13F3N2OS/c1-7(2)16-6-9-10(12(13,14)15)17-11(19-9)8-4-3-5-18-8/h3-5,7,16H,6H2,1-2H3. The quantitative estimate of drug-likeness (QED) is 0.927. The summed E-state index contributed by atoms with van der Waals surface area (Å²) in [5.41, 5.74) is -0.836. The van der Waals surface area contributed by atoms with Crippen LogP contribution in [0, 0.1) is 0 Å². The zero-order valence-electron chi connectivity index (χ0n) is 10.4. The Hall–Kier alpha value is -1.34. The first-order valence-corrected chi connectivity index (χ1v) is 6.53. The van der Waals surface area contributed by atoms with E-state index in [1.165, 1.54) is 6.26 Å². The topological polar surface area (TPSA) is 38.1 Å². The van der Waals surface area contributed by atoms with Gasteiger partial charge in [0.25, 0.3) is 0 Å². The van der Waals surface area contributed by atoms with E-state index in [4.69, 9.17) is 4.42 Å². The van der Waals surface area contributed by atoms with Gasteiger partial charge >= 0.3 is 6.18 Å². The van der Waals surface area contributed by atoms with Crippen molar-refractivity contribution >= 4 is 11.3 Å². The molecule has 7 heteroatoms. The van der Waals surface area contributed by atoms with Gasteiger partial charge in [0.05, 0.1) is 11.1 Å². The third kappa shape index (κ3) is 3.36. The number of hydrogen-bond donors (Lipinski definition) is 1. The second-order valence-electron chi connectivity index (χ2n) is 4.30. The number of aromatic nitrogens is 1. The number of nitrogens with zero attached hydrogens (tertiary/aromatic N) is 1. The van der Waals surface area contributed by atoms with E-state index in [1.807, 2.05) is 13.8 Å². The van der Waals surface area contributed by atoms with Gasteiger partial charge in [-0.15, -0.1) is 11.3 Å². The molecule has 0 aliphatic heterocycles. The minimum atomic E-state index is -4.45. The maximum Gasteiger partial charge on any atom is 0.434 e. The molecule has 104 valence electrons. The lowest BCUT2D eigenvalue weighted by Gasteiger charge is -2.09. The van der Waals surface area contributed by atoms with Gasteiger partial charge in [0.15, 0.2) is 16.5 Å². The van der Waals surface area contributed by atoms with Gasteiger partial charge in [-0.25, -0.2) is 4.98 Å². The largest absolute Gasteiger partial charge is 0.462 e. The summed E-state index contributed by atoms with van der Waals surface area (Å²) >= 11 is 0.999. The van der Waals surface area contributed by atoms with E-state index in [0.717, 1.165) is 11.3 Å². The predicted octanol–water partition coefficient (Wildman–Crippen LogP) is 3.92. The van der Waals surface area contributed by atoms with Crippen LogP contribution < -0.4 is 5.32 Å². The lowest BCUT2D eigenvalue weighted by molar-refractivity contribution is -0.141. The van der Waals surface area contributed by atoms with E-state index in [9.17, 15) is 13.2 Å². The lowest BCUT2D eigenvalue weighted by Crippen LogP contribution is -2.23. The van der Waals surface area contributed by atoms with Gasteiger partial charge < -0.3 is 9.73 Å². The number of rotatable bonds is 4. The molecule has 0 amide bonds. The molecule has 2 heterocycles. The van der Waals surface area contributed by atoms with Gasteiger partial charge in [-0.1, -0.05) is 13.8 Å². The first kappa shape index (κ1) is 14.1. The van der Waals surface area contributed by atoms with E-state index in [-0.39, 0.29) is 22.5 Å². The average molecular weight is 290 g/mol. The molecular formula is C12H13F3N2OS. The van der Waals surface area contributed by atoms with E-state index < -0.39 is 11.9 Å². The Labute approximate surface area is 112 Å². The Kier molecular flexibility index (Phi) is 3.96. The van der Waals surface area contributed by atoms with Crippen molar-refractivity contribution in [2.75, 3.05) is 0 Å². The number of halogens is 3. The third-order valence-electron chi connectivity index (χ3n) is 2.37. The summed E-state index contributed by atoms with van der Waals surface area (Å²) in [5, 5.41) is 3.22. The average Bonchev–Trinajstić information content (AvgIpc) is 2.94. The van der Waals surface area contributed by atoms with E-state index >= 15 is 0 Å². The smallest absolute Gasteiger partial charge is 0.434 e. The highest BCUT2D eigenvalue weighted by molar-refractivity contribution is 7.15. The Balaban J connectivity index is 2.34. The fourth-order valence-corrected chi connectivity index (χ4v) is 2.50. The highest BCUT2D eigenvalue weighted by Crippen LogP contribution is 2.37. The van der Waals surface area contributed by atoms with Gasteiger partial charge in [0.1, 0.15) is 0 Å². The maximum atomic E-state index is 12.9. The summed E-state index contributed by atoms with van der Waals surface area (Å²) in [6, 6.07) is 3.32. The van der Waals surface area contributed by atoms with E-state index in [2.05, 4.69) is 10.3 Å². The van der Waals surface area contributed by atoms with Crippen LogP contribution in [0.4, 0.5) is 13.2 Å². The van der Waals surface area contributed by atoms with Crippen molar-refractivity contribution in [2.24, 2.45) is 0 Å². The van der Waals surface area contributed by atoms with E-state index in [0.29, 0.717) is 5.76 Å². The van der Waals surface area contributed by atoms with Crippen molar-refractivity contribution in [1.29, 1.82) is 0 Å². The molecular weight excluding hydrogens is 277 g/mol. The van der Waals surface area contributed by atoms with Crippen LogP contribution in [0.25, 0.3) is 10.8 Å². The molecule has 0 saturated carbocycles. The third-order valence-corrected chi connectivity index (χ3v) is 3.44. The molecule has 0 aliphatic rings. The molecule has 0 aromatic carbocycles. The lowest BCUT2D eigenvalue weighted by atomic mass is 10.3. The number of hydrogen-bond acceptors (Lipinski definition) is 4. The molecule has 0 aliphatic carbocycles. The highest BCUT2D eigenvalue weighted by Gasteiger charge is 2.37. The molecule has 2 aromatic rings. The minimum Gasteiger partial charge on any atom is -0.462 e. The Bertz CT molecular complexity index is 532. The minimum absolute atomic E-state index is 0.107. The number of furan rings is 1. The molecule has 19 heavy (non-hydrogen) atoms. The normalized spacial score (nSPS) is 12.3. The van der Waals surface area contributed by atoms with Gasteiger partial charge in [-0.2, -0.15) is 13.2 Å². The molecule has 2 aromatic heterocycles. The fraction of sp³-hybridized carbons (Fsp3) is 0.417. The van der Waals surface area contributed by atoms with Crippen molar-refractivity contribution in [2.45, 2.75) is 32.6 Å². The Morgan fingerprint density at radius 3 is 2.68 bits per heavy atom. The summed E-state index contributed by atoms with van der Waals surface area (Å²) in [5.74, 6) is 0.353. The van der Waals surface area contributed by atoms with Gasteiger partial charge in [-0.3, -0.25) is 0 Å². The SMILES string of the molecule is CC(C)NCc1sc(-c2ccco2)nc1C(F)(F)F. The van der Waals surface area contributed by atoms with Crippen LogP contribution in [0.1, 0.15) is 24.4 Å². The van der Waals surface area contributed by atoms with Crippen LogP contribution >= 0.6 is 11.3 Å². The van der Waals surface area contributed by atoms with E-state index in [1.54, 1.807) is 12.1 Å². The molecule has 0 bridgehead atoms. The number of thiazole rings is 1. The maximum absolute atomic E-state index is 12.9. The molecule has 2 rings (SSSR count). The summed E-state index contributed by atoms with van der Waals surface area (Å²) in [7, 11) is 0. The van der Waals surface area contributed by atoms with Gasteiger partial charge in [-0.05, 0) is 12.1 Å². The van der Waals surface area contributed by atoms with Crippen molar-refractivity contribution < 1.29 is 17.6 Å². The van der Waals surface area contributed by atoms with Crippen LogP contribution in [-0.4, -0.2) is 11.0 Å². The molecule has 1 N–H and O–H groups in total.